The number of rotatable bonds is 5. The predicted octanol–water partition coefficient (Wildman–Crippen LogP) is 5.03. The van der Waals surface area contributed by atoms with Gasteiger partial charge in [0.2, 0.25) is 0 Å². The molecule has 2 rings (SSSR count). The Morgan fingerprint density at radius 3 is 2.50 bits per heavy atom. The van der Waals surface area contributed by atoms with Gasteiger partial charge in [-0.1, -0.05) is 25.1 Å². The van der Waals surface area contributed by atoms with Crippen molar-refractivity contribution in [3.63, 3.8) is 0 Å². The molecule has 1 aromatic rings. The van der Waals surface area contributed by atoms with Crippen LogP contribution in [0.1, 0.15) is 45.1 Å². The van der Waals surface area contributed by atoms with Crippen LogP contribution in [-0.4, -0.2) is 13.2 Å². The average Bonchev–Trinajstić information content (AvgIpc) is 2.49. The summed E-state index contributed by atoms with van der Waals surface area (Å²) in [5.74, 6) is 2.16. The van der Waals surface area contributed by atoms with Crippen LogP contribution in [0.4, 0.5) is 4.39 Å². The lowest BCUT2D eigenvalue weighted by Gasteiger charge is -2.28. The first-order chi connectivity index (χ1) is 9.70. The van der Waals surface area contributed by atoms with Crippen molar-refractivity contribution >= 4 is 5.57 Å². The molecule has 1 saturated heterocycles. The van der Waals surface area contributed by atoms with E-state index in [4.69, 9.17) is 4.74 Å². The smallest absolute Gasteiger partial charge is 0.123 e. The Bertz CT molecular complexity index is 429. The van der Waals surface area contributed by atoms with Crippen molar-refractivity contribution in [2.24, 2.45) is 5.92 Å². The molecule has 109 valence electrons. The number of ether oxygens (including phenoxy) is 1. The minimum atomic E-state index is -0.176. The molecule has 0 bridgehead atoms. The normalized spacial score (nSPS) is 17.7. The molecule has 0 aliphatic carbocycles. The number of hydrogen-bond donors (Lipinski definition) is 0. The van der Waals surface area contributed by atoms with Gasteiger partial charge in [-0.2, -0.15) is 0 Å². The van der Waals surface area contributed by atoms with Gasteiger partial charge < -0.3 is 4.74 Å². The molecule has 20 heavy (non-hydrogen) atoms. The summed E-state index contributed by atoms with van der Waals surface area (Å²) in [6.07, 6.45) is 6.77. The van der Waals surface area contributed by atoms with E-state index in [9.17, 15) is 4.39 Å². The van der Waals surface area contributed by atoms with Crippen molar-refractivity contribution < 1.29 is 9.13 Å². The molecule has 0 amide bonds. The Morgan fingerprint density at radius 1 is 1.25 bits per heavy atom. The van der Waals surface area contributed by atoms with E-state index in [1.165, 1.54) is 17.7 Å². The second kappa shape index (κ2) is 7.58. The monoisotopic (exact) mass is 275 g/mol. The van der Waals surface area contributed by atoms with E-state index in [-0.39, 0.29) is 5.82 Å². The maximum atomic E-state index is 12.9. The van der Waals surface area contributed by atoms with Gasteiger partial charge in [0, 0.05) is 13.2 Å². The Balaban J connectivity index is 1.96. The third kappa shape index (κ3) is 4.17. The maximum Gasteiger partial charge on any atom is 0.123 e. The summed E-state index contributed by atoms with van der Waals surface area (Å²) in [5, 5.41) is 0. The molecule has 0 aromatic heterocycles. The summed E-state index contributed by atoms with van der Waals surface area (Å²) in [5.41, 5.74) is 2.33. The van der Waals surface area contributed by atoms with Crippen LogP contribution in [0.2, 0.25) is 0 Å². The molecule has 1 heterocycles. The van der Waals surface area contributed by atoms with Gasteiger partial charge >= 0.3 is 0 Å². The first-order valence-corrected chi connectivity index (χ1v) is 7.55. The van der Waals surface area contributed by atoms with E-state index in [0.717, 1.165) is 44.5 Å². The Kier molecular flexibility index (Phi) is 5.78. The highest BCUT2D eigenvalue weighted by Crippen LogP contribution is 2.31. The molecule has 0 saturated carbocycles. The minimum Gasteiger partial charge on any atom is -0.381 e. The zero-order valence-corrected chi connectivity index (χ0v) is 12.5. The van der Waals surface area contributed by atoms with Gasteiger partial charge in [-0.3, -0.25) is 0 Å². The number of benzene rings is 1. The number of allylic oxidation sites excluding steroid dienone is 2. The lowest BCUT2D eigenvalue weighted by Crippen LogP contribution is -2.21. The molecule has 1 radical (unpaired) electrons. The molecule has 2 heteroatoms. The standard InChI is InChI=1S/C18H24FO/c1-3-15(17-10-12-20-13-11-17)5-4-14(2)16-6-8-18(19)9-7-16/h4,6-9,17H,3,5,10-13H2,1-2H3. The van der Waals surface area contributed by atoms with Crippen LogP contribution < -0.4 is 0 Å². The zero-order chi connectivity index (χ0) is 14.4. The summed E-state index contributed by atoms with van der Waals surface area (Å²) < 4.78 is 18.4. The van der Waals surface area contributed by atoms with Crippen LogP contribution >= 0.6 is 0 Å². The quantitative estimate of drug-likeness (QED) is 0.732. The SMILES string of the molecule is CC[C](CC=C(C)c1ccc(F)cc1)C1CCOCC1. The van der Waals surface area contributed by atoms with Gasteiger partial charge in [0.25, 0.3) is 0 Å². The van der Waals surface area contributed by atoms with E-state index in [1.807, 2.05) is 12.1 Å². The van der Waals surface area contributed by atoms with Crippen molar-refractivity contribution in [2.75, 3.05) is 13.2 Å². The molecule has 1 aliphatic rings. The number of hydrogen-bond acceptors (Lipinski definition) is 1. The molecule has 0 spiro atoms. The van der Waals surface area contributed by atoms with Crippen molar-refractivity contribution in [1.29, 1.82) is 0 Å². The molecule has 1 aromatic carbocycles. The van der Waals surface area contributed by atoms with Crippen molar-refractivity contribution in [3.8, 4) is 0 Å². The van der Waals surface area contributed by atoms with Crippen LogP contribution in [0.25, 0.3) is 5.57 Å². The molecule has 1 aliphatic heterocycles. The third-order valence-corrected chi connectivity index (χ3v) is 4.22. The zero-order valence-electron chi connectivity index (χ0n) is 12.5. The highest BCUT2D eigenvalue weighted by atomic mass is 19.1. The number of halogens is 1. The Labute approximate surface area is 121 Å². The largest absolute Gasteiger partial charge is 0.381 e. The Morgan fingerprint density at radius 2 is 1.90 bits per heavy atom. The van der Waals surface area contributed by atoms with E-state index in [2.05, 4.69) is 19.9 Å². The molecular formula is C18H24FO. The molecule has 0 unspecified atom stereocenters. The van der Waals surface area contributed by atoms with Crippen LogP contribution in [0.15, 0.2) is 30.3 Å². The second-order valence-corrected chi connectivity index (χ2v) is 5.50. The first-order valence-electron chi connectivity index (χ1n) is 7.55. The highest BCUT2D eigenvalue weighted by molar-refractivity contribution is 5.63. The van der Waals surface area contributed by atoms with Crippen LogP contribution in [0.5, 0.6) is 0 Å². The Hall–Kier alpha value is -1.15. The minimum absolute atomic E-state index is 0.176. The van der Waals surface area contributed by atoms with Crippen molar-refractivity contribution in [2.45, 2.75) is 39.5 Å². The maximum absolute atomic E-state index is 12.9. The van der Waals surface area contributed by atoms with Gasteiger partial charge in [-0.05, 0) is 67.7 Å². The first kappa shape index (κ1) is 15.2. The second-order valence-electron chi connectivity index (χ2n) is 5.50. The summed E-state index contributed by atoms with van der Waals surface area (Å²) >= 11 is 0. The summed E-state index contributed by atoms with van der Waals surface area (Å²) in [4.78, 5) is 0. The van der Waals surface area contributed by atoms with Crippen LogP contribution in [-0.2, 0) is 4.74 Å². The topological polar surface area (TPSA) is 9.23 Å². The molecule has 1 fully saturated rings. The van der Waals surface area contributed by atoms with E-state index in [0.29, 0.717) is 5.92 Å². The molecule has 0 atom stereocenters. The van der Waals surface area contributed by atoms with Crippen LogP contribution in [0, 0.1) is 17.7 Å². The van der Waals surface area contributed by atoms with Crippen molar-refractivity contribution in [1.82, 2.24) is 0 Å². The summed E-state index contributed by atoms with van der Waals surface area (Å²) in [6.45, 7) is 6.14. The average molecular weight is 275 g/mol. The fourth-order valence-corrected chi connectivity index (χ4v) is 2.82. The van der Waals surface area contributed by atoms with E-state index in [1.54, 1.807) is 5.92 Å². The fraction of sp³-hybridized carbons (Fsp3) is 0.500. The highest BCUT2D eigenvalue weighted by Gasteiger charge is 2.22. The van der Waals surface area contributed by atoms with E-state index < -0.39 is 0 Å². The predicted molar refractivity (Wildman–Crippen MR) is 81.7 cm³/mol. The van der Waals surface area contributed by atoms with Gasteiger partial charge in [0.05, 0.1) is 0 Å². The molecule has 0 N–H and O–H groups in total. The van der Waals surface area contributed by atoms with Crippen molar-refractivity contribution in [3.05, 3.63) is 47.6 Å². The molecular weight excluding hydrogens is 251 g/mol. The lowest BCUT2D eigenvalue weighted by molar-refractivity contribution is 0.0685. The van der Waals surface area contributed by atoms with Gasteiger partial charge in [-0.25, -0.2) is 4.39 Å². The lowest BCUT2D eigenvalue weighted by atomic mass is 9.81. The van der Waals surface area contributed by atoms with Gasteiger partial charge in [0.1, 0.15) is 5.82 Å². The third-order valence-electron chi connectivity index (χ3n) is 4.22. The van der Waals surface area contributed by atoms with Gasteiger partial charge in [-0.15, -0.1) is 0 Å². The van der Waals surface area contributed by atoms with Gasteiger partial charge in [0.15, 0.2) is 0 Å². The fourth-order valence-electron chi connectivity index (χ4n) is 2.82. The van der Waals surface area contributed by atoms with Crippen LogP contribution in [0.3, 0.4) is 0 Å². The summed E-state index contributed by atoms with van der Waals surface area (Å²) in [7, 11) is 0. The molecule has 1 nitrogen and oxygen atoms in total. The summed E-state index contributed by atoms with van der Waals surface area (Å²) in [6, 6.07) is 6.74. The van der Waals surface area contributed by atoms with E-state index >= 15 is 0 Å².